The van der Waals surface area contributed by atoms with E-state index >= 15 is 0 Å². The molecule has 2 N–H and O–H groups in total. The van der Waals surface area contributed by atoms with Crippen LogP contribution in [0.25, 0.3) is 0 Å². The zero-order chi connectivity index (χ0) is 14.6. The van der Waals surface area contributed by atoms with Crippen LogP contribution in [-0.4, -0.2) is 47.3 Å². The summed E-state index contributed by atoms with van der Waals surface area (Å²) in [4.78, 5) is 22.9. The second-order valence-corrected chi connectivity index (χ2v) is 4.67. The van der Waals surface area contributed by atoms with Crippen molar-refractivity contribution in [3.63, 3.8) is 0 Å². The molecule has 18 heavy (non-hydrogen) atoms. The predicted molar refractivity (Wildman–Crippen MR) is 58.2 cm³/mol. The Bertz CT molecular complexity index is 316. The summed E-state index contributed by atoms with van der Waals surface area (Å²) in [5.74, 6) is -1.10. The molecule has 0 aromatic carbocycles. The lowest BCUT2D eigenvalue weighted by molar-refractivity contribution is -0.138. The van der Waals surface area contributed by atoms with E-state index in [4.69, 9.17) is 5.11 Å². The van der Waals surface area contributed by atoms with E-state index in [0.717, 1.165) is 4.90 Å². The van der Waals surface area contributed by atoms with Gasteiger partial charge in [0.1, 0.15) is 0 Å². The average molecular weight is 270 g/mol. The Kier molecular flexibility index (Phi) is 5.44. The molecule has 0 unspecified atom stereocenters. The summed E-state index contributed by atoms with van der Waals surface area (Å²) in [6.45, 7) is 2.49. The smallest absolute Gasteiger partial charge is 0.390 e. The van der Waals surface area contributed by atoms with Crippen molar-refractivity contribution in [2.75, 3.05) is 13.6 Å². The van der Waals surface area contributed by atoms with Crippen molar-refractivity contribution in [3.05, 3.63) is 0 Å². The number of nitrogens with zero attached hydrogens (tertiary/aromatic N) is 1. The van der Waals surface area contributed by atoms with Gasteiger partial charge in [-0.3, -0.25) is 4.79 Å². The largest absolute Gasteiger partial charge is 0.481 e. The van der Waals surface area contributed by atoms with Crippen LogP contribution in [0.1, 0.15) is 26.7 Å². The molecule has 106 valence electrons. The Balaban J connectivity index is 4.27. The number of hydrogen-bond donors (Lipinski definition) is 2. The molecule has 0 heterocycles. The van der Waals surface area contributed by atoms with Crippen molar-refractivity contribution < 1.29 is 27.9 Å². The molecule has 5 nitrogen and oxygen atoms in total. The summed E-state index contributed by atoms with van der Waals surface area (Å²) in [6, 6.07) is -0.731. The van der Waals surface area contributed by atoms with Gasteiger partial charge in [0.2, 0.25) is 0 Å². The van der Waals surface area contributed by atoms with E-state index in [0.29, 0.717) is 0 Å². The number of aliphatic carboxylic acids is 1. The highest BCUT2D eigenvalue weighted by Gasteiger charge is 2.29. The lowest BCUT2D eigenvalue weighted by Crippen LogP contribution is -2.50. The summed E-state index contributed by atoms with van der Waals surface area (Å²) in [5, 5.41) is 11.0. The molecule has 0 aromatic rings. The van der Waals surface area contributed by atoms with Gasteiger partial charge in [0, 0.05) is 19.1 Å². The Hall–Kier alpha value is -1.47. The molecule has 0 radical (unpaired) electrons. The first-order valence-electron chi connectivity index (χ1n) is 5.25. The van der Waals surface area contributed by atoms with E-state index in [1.54, 1.807) is 0 Å². The topological polar surface area (TPSA) is 69.6 Å². The SMILES string of the molecule is CN(CCC(F)(F)F)C(=O)NC(C)(C)CC(=O)O. The number of alkyl halides is 3. The molecule has 0 aromatic heterocycles. The first-order chi connectivity index (χ1) is 7.93. The normalized spacial score (nSPS) is 12.1. The second kappa shape index (κ2) is 5.92. The third-order valence-electron chi connectivity index (χ3n) is 2.12. The van der Waals surface area contributed by atoms with Gasteiger partial charge in [-0.15, -0.1) is 0 Å². The van der Waals surface area contributed by atoms with Crippen LogP contribution in [0.2, 0.25) is 0 Å². The Morgan fingerprint density at radius 2 is 1.78 bits per heavy atom. The number of rotatable bonds is 5. The average Bonchev–Trinajstić information content (AvgIpc) is 2.09. The van der Waals surface area contributed by atoms with E-state index in [9.17, 15) is 22.8 Å². The minimum Gasteiger partial charge on any atom is -0.481 e. The predicted octanol–water partition coefficient (Wildman–Crippen LogP) is 1.83. The van der Waals surface area contributed by atoms with E-state index in [2.05, 4.69) is 5.32 Å². The van der Waals surface area contributed by atoms with Crippen molar-refractivity contribution in [3.8, 4) is 0 Å². The van der Waals surface area contributed by atoms with Gasteiger partial charge < -0.3 is 15.3 Å². The number of hydrogen-bond acceptors (Lipinski definition) is 2. The second-order valence-electron chi connectivity index (χ2n) is 4.67. The Morgan fingerprint density at radius 1 is 1.28 bits per heavy atom. The molecule has 0 aliphatic rings. The standard InChI is InChI=1S/C10H17F3N2O3/c1-9(2,6-7(16)17)14-8(18)15(3)5-4-10(11,12)13/h4-6H2,1-3H3,(H,14,18)(H,16,17). The van der Waals surface area contributed by atoms with E-state index in [1.165, 1.54) is 20.9 Å². The fourth-order valence-corrected chi connectivity index (χ4v) is 1.20. The van der Waals surface area contributed by atoms with Crippen LogP contribution in [0, 0.1) is 0 Å². The summed E-state index contributed by atoms with van der Waals surface area (Å²) < 4.78 is 35.9. The van der Waals surface area contributed by atoms with Crippen molar-refractivity contribution in [2.24, 2.45) is 0 Å². The molecule has 0 fully saturated rings. The Morgan fingerprint density at radius 3 is 2.17 bits per heavy atom. The molecule has 0 aliphatic heterocycles. The molecular weight excluding hydrogens is 253 g/mol. The van der Waals surface area contributed by atoms with Gasteiger partial charge in [0.25, 0.3) is 0 Å². The minimum absolute atomic E-state index is 0.314. The number of carboxylic acids is 1. The van der Waals surface area contributed by atoms with Crippen LogP contribution in [0.4, 0.5) is 18.0 Å². The molecule has 0 rings (SSSR count). The molecule has 0 spiro atoms. The monoisotopic (exact) mass is 270 g/mol. The number of amides is 2. The van der Waals surface area contributed by atoms with Crippen molar-refractivity contribution in [1.29, 1.82) is 0 Å². The van der Waals surface area contributed by atoms with E-state index in [1.807, 2.05) is 0 Å². The summed E-state index contributed by atoms with van der Waals surface area (Å²) in [7, 11) is 1.22. The summed E-state index contributed by atoms with van der Waals surface area (Å²) in [6.07, 6.45) is -5.74. The van der Waals surface area contributed by atoms with Crippen LogP contribution in [0.5, 0.6) is 0 Å². The highest BCUT2D eigenvalue weighted by Crippen LogP contribution is 2.19. The molecule has 0 bridgehead atoms. The van der Waals surface area contributed by atoms with Gasteiger partial charge in [0.05, 0.1) is 12.8 Å². The van der Waals surface area contributed by atoms with Gasteiger partial charge in [-0.1, -0.05) is 0 Å². The molecule has 0 aliphatic carbocycles. The third-order valence-corrected chi connectivity index (χ3v) is 2.12. The number of halogens is 3. The Labute approximate surface area is 103 Å². The van der Waals surface area contributed by atoms with Crippen molar-refractivity contribution in [1.82, 2.24) is 10.2 Å². The van der Waals surface area contributed by atoms with Gasteiger partial charge in [-0.05, 0) is 13.8 Å². The molecular formula is C10H17F3N2O3. The third kappa shape index (κ3) is 7.75. The maximum absolute atomic E-state index is 12.0. The number of nitrogens with one attached hydrogen (secondary N) is 1. The van der Waals surface area contributed by atoms with Crippen LogP contribution in [0.15, 0.2) is 0 Å². The first kappa shape index (κ1) is 16.5. The molecule has 0 atom stereocenters. The quantitative estimate of drug-likeness (QED) is 0.800. The van der Waals surface area contributed by atoms with Gasteiger partial charge in [-0.2, -0.15) is 13.2 Å². The minimum atomic E-state index is -4.33. The van der Waals surface area contributed by atoms with Gasteiger partial charge in [-0.25, -0.2) is 4.79 Å². The number of urea groups is 1. The zero-order valence-corrected chi connectivity index (χ0v) is 10.5. The van der Waals surface area contributed by atoms with Crippen LogP contribution >= 0.6 is 0 Å². The number of carboxylic acid groups (broad SMARTS) is 1. The van der Waals surface area contributed by atoms with Crippen molar-refractivity contribution in [2.45, 2.75) is 38.4 Å². The maximum atomic E-state index is 12.0. The van der Waals surface area contributed by atoms with Crippen LogP contribution in [-0.2, 0) is 4.79 Å². The fraction of sp³-hybridized carbons (Fsp3) is 0.800. The maximum Gasteiger partial charge on any atom is 0.390 e. The van der Waals surface area contributed by atoms with E-state index in [-0.39, 0.29) is 6.42 Å². The summed E-state index contributed by atoms with van der Waals surface area (Å²) >= 11 is 0. The molecule has 0 saturated heterocycles. The molecule has 0 saturated carbocycles. The van der Waals surface area contributed by atoms with E-state index < -0.39 is 36.7 Å². The van der Waals surface area contributed by atoms with Crippen LogP contribution in [0.3, 0.4) is 0 Å². The van der Waals surface area contributed by atoms with Crippen LogP contribution < -0.4 is 5.32 Å². The van der Waals surface area contributed by atoms with Crippen molar-refractivity contribution >= 4 is 12.0 Å². The number of carbonyl (C=O) groups excluding carboxylic acids is 1. The lowest BCUT2D eigenvalue weighted by atomic mass is 10.0. The molecule has 2 amide bonds. The lowest BCUT2D eigenvalue weighted by Gasteiger charge is -2.28. The van der Waals surface area contributed by atoms with Gasteiger partial charge in [0.15, 0.2) is 0 Å². The first-order valence-corrected chi connectivity index (χ1v) is 5.25. The highest BCUT2D eigenvalue weighted by atomic mass is 19.4. The number of carbonyl (C=O) groups is 2. The van der Waals surface area contributed by atoms with Gasteiger partial charge >= 0.3 is 18.2 Å². The molecule has 8 heteroatoms. The zero-order valence-electron chi connectivity index (χ0n) is 10.5. The summed E-state index contributed by atoms with van der Waals surface area (Å²) in [5.41, 5.74) is -1.02. The fourth-order valence-electron chi connectivity index (χ4n) is 1.20. The highest BCUT2D eigenvalue weighted by molar-refractivity contribution is 5.76.